The SMILES string of the molecule is CC1CN(C(=O)CCc2ccccc2)CCC1CCn1ccnc1. The van der Waals surface area contributed by atoms with Gasteiger partial charge in [-0.3, -0.25) is 4.79 Å². The Kier molecular flexibility index (Phi) is 5.68. The maximum atomic E-state index is 12.5. The lowest BCUT2D eigenvalue weighted by atomic mass is 9.84. The van der Waals surface area contributed by atoms with Crippen molar-refractivity contribution in [1.82, 2.24) is 14.5 Å². The molecule has 128 valence electrons. The van der Waals surface area contributed by atoms with Crippen LogP contribution >= 0.6 is 0 Å². The third kappa shape index (κ3) is 4.47. The van der Waals surface area contributed by atoms with Gasteiger partial charge in [0, 0.05) is 38.4 Å². The number of imidazole rings is 1. The third-order valence-corrected chi connectivity index (χ3v) is 5.22. The van der Waals surface area contributed by atoms with Gasteiger partial charge in [0.15, 0.2) is 0 Å². The number of amides is 1. The van der Waals surface area contributed by atoms with E-state index in [2.05, 4.69) is 33.5 Å². The minimum atomic E-state index is 0.304. The second-order valence-electron chi connectivity index (χ2n) is 6.94. The molecule has 0 N–H and O–H groups in total. The van der Waals surface area contributed by atoms with Crippen molar-refractivity contribution in [2.24, 2.45) is 11.8 Å². The normalized spacial score (nSPS) is 21.0. The zero-order valence-electron chi connectivity index (χ0n) is 14.5. The molecular weight excluding hydrogens is 298 g/mol. The first-order valence-corrected chi connectivity index (χ1v) is 9.00. The first kappa shape index (κ1) is 16.7. The number of carbonyl (C=O) groups excluding carboxylic acids is 1. The molecule has 4 nitrogen and oxygen atoms in total. The molecule has 1 aliphatic heterocycles. The molecule has 0 radical (unpaired) electrons. The molecule has 1 amide bonds. The van der Waals surface area contributed by atoms with E-state index >= 15 is 0 Å². The Morgan fingerprint density at radius 1 is 1.29 bits per heavy atom. The Hall–Kier alpha value is -2.10. The molecule has 2 heterocycles. The fourth-order valence-corrected chi connectivity index (χ4v) is 3.64. The van der Waals surface area contributed by atoms with Crippen LogP contribution in [0.2, 0.25) is 0 Å². The number of carbonyl (C=O) groups is 1. The van der Waals surface area contributed by atoms with Gasteiger partial charge in [-0.2, -0.15) is 0 Å². The summed E-state index contributed by atoms with van der Waals surface area (Å²) in [5.74, 6) is 1.58. The van der Waals surface area contributed by atoms with Gasteiger partial charge in [0.05, 0.1) is 6.33 Å². The molecule has 2 aromatic rings. The van der Waals surface area contributed by atoms with E-state index in [1.54, 1.807) is 0 Å². The second kappa shape index (κ2) is 8.13. The number of nitrogens with zero attached hydrogens (tertiary/aromatic N) is 3. The Morgan fingerprint density at radius 3 is 2.83 bits per heavy atom. The van der Waals surface area contributed by atoms with E-state index < -0.39 is 0 Å². The van der Waals surface area contributed by atoms with E-state index in [4.69, 9.17) is 0 Å². The van der Waals surface area contributed by atoms with Gasteiger partial charge in [-0.05, 0) is 36.7 Å². The Balaban J connectivity index is 1.43. The molecular formula is C20H27N3O. The molecule has 1 fully saturated rings. The minimum Gasteiger partial charge on any atom is -0.342 e. The van der Waals surface area contributed by atoms with Crippen molar-refractivity contribution >= 4 is 5.91 Å². The van der Waals surface area contributed by atoms with E-state index in [9.17, 15) is 4.79 Å². The molecule has 3 rings (SSSR count). The Morgan fingerprint density at radius 2 is 2.12 bits per heavy atom. The van der Waals surface area contributed by atoms with Gasteiger partial charge in [0.2, 0.25) is 5.91 Å². The number of benzene rings is 1. The molecule has 24 heavy (non-hydrogen) atoms. The maximum Gasteiger partial charge on any atom is 0.222 e. The molecule has 0 aliphatic carbocycles. The lowest BCUT2D eigenvalue weighted by molar-refractivity contribution is -0.133. The van der Waals surface area contributed by atoms with Gasteiger partial charge in [-0.25, -0.2) is 4.98 Å². The van der Waals surface area contributed by atoms with Gasteiger partial charge < -0.3 is 9.47 Å². The van der Waals surface area contributed by atoms with E-state index in [0.29, 0.717) is 24.2 Å². The first-order valence-electron chi connectivity index (χ1n) is 9.00. The van der Waals surface area contributed by atoms with Gasteiger partial charge in [-0.15, -0.1) is 0 Å². The van der Waals surface area contributed by atoms with Gasteiger partial charge in [-0.1, -0.05) is 37.3 Å². The lowest BCUT2D eigenvalue weighted by Gasteiger charge is -2.37. The highest BCUT2D eigenvalue weighted by Crippen LogP contribution is 2.27. The van der Waals surface area contributed by atoms with Gasteiger partial charge in [0.1, 0.15) is 0 Å². The summed E-state index contributed by atoms with van der Waals surface area (Å²) in [5, 5.41) is 0. The molecule has 1 saturated heterocycles. The molecule has 0 saturated carbocycles. The summed E-state index contributed by atoms with van der Waals surface area (Å²) in [6, 6.07) is 10.3. The predicted octanol–water partition coefficient (Wildman–Crippen LogP) is 3.39. The van der Waals surface area contributed by atoms with Crippen molar-refractivity contribution in [1.29, 1.82) is 0 Å². The smallest absolute Gasteiger partial charge is 0.222 e. The molecule has 1 aromatic carbocycles. The Bertz CT molecular complexity index is 624. The van der Waals surface area contributed by atoms with Crippen LogP contribution in [0.5, 0.6) is 0 Å². The van der Waals surface area contributed by atoms with Crippen molar-refractivity contribution in [3.05, 3.63) is 54.6 Å². The average Bonchev–Trinajstić information content (AvgIpc) is 3.13. The number of aromatic nitrogens is 2. The zero-order valence-corrected chi connectivity index (χ0v) is 14.5. The van der Waals surface area contributed by atoms with Crippen LogP contribution in [0.1, 0.15) is 31.7 Å². The topological polar surface area (TPSA) is 38.1 Å². The summed E-state index contributed by atoms with van der Waals surface area (Å²) in [6.07, 6.45) is 9.48. The summed E-state index contributed by atoms with van der Waals surface area (Å²) in [7, 11) is 0. The highest BCUT2D eigenvalue weighted by molar-refractivity contribution is 5.76. The van der Waals surface area contributed by atoms with Crippen LogP contribution in [0.3, 0.4) is 0 Å². The zero-order chi connectivity index (χ0) is 16.8. The number of hydrogen-bond acceptors (Lipinski definition) is 2. The monoisotopic (exact) mass is 325 g/mol. The lowest BCUT2D eigenvalue weighted by Crippen LogP contribution is -2.43. The molecule has 2 atom stereocenters. The summed E-state index contributed by atoms with van der Waals surface area (Å²) in [4.78, 5) is 18.6. The maximum absolute atomic E-state index is 12.5. The molecule has 2 unspecified atom stereocenters. The number of rotatable bonds is 6. The van der Waals surface area contributed by atoms with Crippen LogP contribution in [-0.2, 0) is 17.8 Å². The van der Waals surface area contributed by atoms with E-state index in [0.717, 1.165) is 32.5 Å². The first-order chi connectivity index (χ1) is 11.7. The summed E-state index contributed by atoms with van der Waals surface area (Å²) in [5.41, 5.74) is 1.24. The highest BCUT2D eigenvalue weighted by atomic mass is 16.2. The predicted molar refractivity (Wildman–Crippen MR) is 95.5 cm³/mol. The highest BCUT2D eigenvalue weighted by Gasteiger charge is 2.28. The molecule has 1 aromatic heterocycles. The molecule has 4 heteroatoms. The quantitative estimate of drug-likeness (QED) is 0.816. The number of likely N-dealkylation sites (tertiary alicyclic amines) is 1. The number of piperidine rings is 1. The summed E-state index contributed by atoms with van der Waals surface area (Å²) in [6.45, 7) is 5.13. The average molecular weight is 325 g/mol. The van der Waals surface area contributed by atoms with Crippen LogP contribution in [-0.4, -0.2) is 33.4 Å². The fraction of sp³-hybridized carbons (Fsp3) is 0.500. The van der Waals surface area contributed by atoms with Crippen LogP contribution in [0, 0.1) is 11.8 Å². The molecule has 0 spiro atoms. The molecule has 1 aliphatic rings. The Labute approximate surface area is 144 Å². The van der Waals surface area contributed by atoms with Crippen molar-refractivity contribution in [2.75, 3.05) is 13.1 Å². The summed E-state index contributed by atoms with van der Waals surface area (Å²) >= 11 is 0. The van der Waals surface area contributed by atoms with Crippen LogP contribution < -0.4 is 0 Å². The van der Waals surface area contributed by atoms with Crippen LogP contribution in [0.15, 0.2) is 49.1 Å². The largest absolute Gasteiger partial charge is 0.342 e. The van der Waals surface area contributed by atoms with Gasteiger partial charge in [0.25, 0.3) is 0 Å². The number of hydrogen-bond donors (Lipinski definition) is 0. The van der Waals surface area contributed by atoms with Crippen molar-refractivity contribution in [2.45, 2.75) is 39.2 Å². The van der Waals surface area contributed by atoms with Crippen molar-refractivity contribution in [3.63, 3.8) is 0 Å². The second-order valence-corrected chi connectivity index (χ2v) is 6.94. The van der Waals surface area contributed by atoms with E-state index in [1.807, 2.05) is 36.9 Å². The minimum absolute atomic E-state index is 0.304. The van der Waals surface area contributed by atoms with Gasteiger partial charge >= 0.3 is 0 Å². The van der Waals surface area contributed by atoms with Crippen LogP contribution in [0.4, 0.5) is 0 Å². The molecule has 0 bridgehead atoms. The number of aryl methyl sites for hydroxylation is 2. The summed E-state index contributed by atoms with van der Waals surface area (Å²) < 4.78 is 2.14. The fourth-order valence-electron chi connectivity index (χ4n) is 3.64. The van der Waals surface area contributed by atoms with E-state index in [-0.39, 0.29) is 0 Å². The van der Waals surface area contributed by atoms with Crippen LogP contribution in [0.25, 0.3) is 0 Å². The third-order valence-electron chi connectivity index (χ3n) is 5.22. The van der Waals surface area contributed by atoms with E-state index in [1.165, 1.54) is 12.0 Å². The standard InChI is InChI=1S/C20H27N3O/c1-17-15-23(20(24)8-7-18-5-3-2-4-6-18)13-10-19(17)9-12-22-14-11-21-16-22/h2-6,11,14,16-17,19H,7-10,12-13,15H2,1H3. The van der Waals surface area contributed by atoms with Crippen molar-refractivity contribution in [3.8, 4) is 0 Å². The van der Waals surface area contributed by atoms with Crippen molar-refractivity contribution < 1.29 is 4.79 Å².